The lowest BCUT2D eigenvalue weighted by Crippen LogP contribution is -1.98. The van der Waals surface area contributed by atoms with E-state index in [1.54, 1.807) is 0 Å². The fourth-order valence-electron chi connectivity index (χ4n) is 1.10. The summed E-state index contributed by atoms with van der Waals surface area (Å²) in [5.41, 5.74) is 0. The fourth-order valence-corrected chi connectivity index (χ4v) is 1.69. The normalized spacial score (nSPS) is 42.0. The first kappa shape index (κ1) is 5.61. The van der Waals surface area contributed by atoms with Crippen LogP contribution < -0.4 is 0 Å². The summed E-state index contributed by atoms with van der Waals surface area (Å²) in [4.78, 5) is 0.826. The molecule has 0 N–H and O–H groups in total. The molecule has 0 nitrogen and oxygen atoms in total. The number of rotatable bonds is 0. The fraction of sp³-hybridized carbons (Fsp3) is 1.00. The zero-order chi connectivity index (χ0) is 5.28. The van der Waals surface area contributed by atoms with Gasteiger partial charge in [-0.1, -0.05) is 29.3 Å². The van der Waals surface area contributed by atoms with Gasteiger partial charge in [-0.2, -0.15) is 0 Å². The average Bonchev–Trinajstić information content (AvgIpc) is 1.91. The quantitative estimate of drug-likeness (QED) is 0.481. The lowest BCUT2D eigenvalue weighted by Gasteiger charge is -2.02. The standard InChI is InChI=1S/C6H11Br/c1-5-3-2-4-6(5)7/h5-6H,2-4H2,1H3. The van der Waals surface area contributed by atoms with Gasteiger partial charge >= 0.3 is 0 Å². The third-order valence-electron chi connectivity index (χ3n) is 1.76. The van der Waals surface area contributed by atoms with Crippen molar-refractivity contribution in [1.82, 2.24) is 0 Å². The molecule has 0 saturated heterocycles. The highest BCUT2D eigenvalue weighted by atomic mass is 79.9. The average molecular weight is 163 g/mol. The molecule has 1 aliphatic rings. The first-order chi connectivity index (χ1) is 3.30. The molecule has 7 heavy (non-hydrogen) atoms. The van der Waals surface area contributed by atoms with Gasteiger partial charge in [-0.3, -0.25) is 0 Å². The SMILES string of the molecule is CC1CCCC1Br. The maximum absolute atomic E-state index is 3.60. The van der Waals surface area contributed by atoms with Crippen molar-refractivity contribution in [2.45, 2.75) is 31.0 Å². The van der Waals surface area contributed by atoms with Gasteiger partial charge in [0.1, 0.15) is 0 Å². The highest BCUT2D eigenvalue weighted by molar-refractivity contribution is 9.09. The van der Waals surface area contributed by atoms with Crippen molar-refractivity contribution in [3.05, 3.63) is 0 Å². The van der Waals surface area contributed by atoms with Gasteiger partial charge in [-0.05, 0) is 18.8 Å². The molecule has 2 atom stereocenters. The zero-order valence-corrected chi connectivity index (χ0v) is 6.24. The van der Waals surface area contributed by atoms with E-state index in [1.807, 2.05) is 0 Å². The molecular formula is C6H11Br. The maximum atomic E-state index is 3.60. The summed E-state index contributed by atoms with van der Waals surface area (Å²) in [5, 5.41) is 0. The van der Waals surface area contributed by atoms with Crippen molar-refractivity contribution in [2.24, 2.45) is 5.92 Å². The van der Waals surface area contributed by atoms with Crippen LogP contribution in [0.5, 0.6) is 0 Å². The Bertz CT molecular complexity index is 53.2. The molecule has 1 heteroatoms. The Morgan fingerprint density at radius 1 is 1.43 bits per heavy atom. The smallest absolute Gasteiger partial charge is 0.0171 e. The van der Waals surface area contributed by atoms with E-state index in [0.29, 0.717) is 0 Å². The summed E-state index contributed by atoms with van der Waals surface area (Å²) in [6.45, 7) is 2.31. The van der Waals surface area contributed by atoms with Gasteiger partial charge < -0.3 is 0 Å². The summed E-state index contributed by atoms with van der Waals surface area (Å²) in [5.74, 6) is 0.931. The van der Waals surface area contributed by atoms with Crippen LogP contribution in [0, 0.1) is 5.92 Å². The minimum absolute atomic E-state index is 0.826. The van der Waals surface area contributed by atoms with Crippen molar-refractivity contribution < 1.29 is 0 Å². The lowest BCUT2D eigenvalue weighted by atomic mass is 10.1. The summed E-state index contributed by atoms with van der Waals surface area (Å²) < 4.78 is 0. The largest absolute Gasteiger partial charge is 0.0888 e. The van der Waals surface area contributed by atoms with Crippen LogP contribution in [0.15, 0.2) is 0 Å². The van der Waals surface area contributed by atoms with Crippen LogP contribution in [0.4, 0.5) is 0 Å². The van der Waals surface area contributed by atoms with Gasteiger partial charge in [-0.25, -0.2) is 0 Å². The predicted octanol–water partition coefficient (Wildman–Crippen LogP) is 2.57. The molecule has 0 radical (unpaired) electrons. The predicted molar refractivity (Wildman–Crippen MR) is 35.7 cm³/mol. The molecule has 1 aliphatic carbocycles. The lowest BCUT2D eigenvalue weighted by molar-refractivity contribution is 0.631. The van der Waals surface area contributed by atoms with Crippen LogP contribution in [0.2, 0.25) is 0 Å². The number of hydrogen-bond acceptors (Lipinski definition) is 0. The van der Waals surface area contributed by atoms with Crippen LogP contribution in [0.1, 0.15) is 26.2 Å². The van der Waals surface area contributed by atoms with Gasteiger partial charge in [0.05, 0.1) is 0 Å². The number of alkyl halides is 1. The number of hydrogen-bond donors (Lipinski definition) is 0. The second kappa shape index (κ2) is 2.17. The van der Waals surface area contributed by atoms with E-state index in [4.69, 9.17) is 0 Å². The molecule has 42 valence electrons. The van der Waals surface area contributed by atoms with Gasteiger partial charge in [0.25, 0.3) is 0 Å². The summed E-state index contributed by atoms with van der Waals surface area (Å²) >= 11 is 3.60. The van der Waals surface area contributed by atoms with Crippen LogP contribution in [-0.4, -0.2) is 4.83 Å². The highest BCUT2D eigenvalue weighted by Gasteiger charge is 2.19. The van der Waals surface area contributed by atoms with Crippen molar-refractivity contribution in [3.8, 4) is 0 Å². The van der Waals surface area contributed by atoms with E-state index < -0.39 is 0 Å². The molecule has 0 bridgehead atoms. The van der Waals surface area contributed by atoms with Crippen molar-refractivity contribution >= 4 is 15.9 Å². The summed E-state index contributed by atoms with van der Waals surface area (Å²) in [6, 6.07) is 0. The summed E-state index contributed by atoms with van der Waals surface area (Å²) in [6.07, 6.45) is 4.24. The zero-order valence-electron chi connectivity index (χ0n) is 4.65. The minimum Gasteiger partial charge on any atom is -0.0888 e. The van der Waals surface area contributed by atoms with E-state index in [1.165, 1.54) is 19.3 Å². The molecule has 0 heterocycles. The van der Waals surface area contributed by atoms with E-state index in [-0.39, 0.29) is 0 Å². The Morgan fingerprint density at radius 2 is 2.14 bits per heavy atom. The Kier molecular flexibility index (Phi) is 1.74. The second-order valence-electron chi connectivity index (χ2n) is 2.42. The molecule has 0 aromatic heterocycles. The maximum Gasteiger partial charge on any atom is 0.0171 e. The van der Waals surface area contributed by atoms with Crippen LogP contribution in [-0.2, 0) is 0 Å². The van der Waals surface area contributed by atoms with Gasteiger partial charge in [0, 0.05) is 4.83 Å². The van der Waals surface area contributed by atoms with Gasteiger partial charge in [0.15, 0.2) is 0 Å². The van der Waals surface area contributed by atoms with Crippen molar-refractivity contribution in [2.75, 3.05) is 0 Å². The topological polar surface area (TPSA) is 0 Å². The highest BCUT2D eigenvalue weighted by Crippen LogP contribution is 2.30. The molecule has 0 aromatic carbocycles. The van der Waals surface area contributed by atoms with Crippen molar-refractivity contribution in [1.29, 1.82) is 0 Å². The molecule has 0 aromatic rings. The third-order valence-corrected chi connectivity index (χ3v) is 3.12. The van der Waals surface area contributed by atoms with Crippen LogP contribution in [0.25, 0.3) is 0 Å². The van der Waals surface area contributed by atoms with E-state index >= 15 is 0 Å². The van der Waals surface area contributed by atoms with Crippen LogP contribution >= 0.6 is 15.9 Å². The van der Waals surface area contributed by atoms with Crippen molar-refractivity contribution in [3.63, 3.8) is 0 Å². The van der Waals surface area contributed by atoms with E-state index in [0.717, 1.165) is 10.7 Å². The molecular weight excluding hydrogens is 152 g/mol. The summed E-state index contributed by atoms with van der Waals surface area (Å²) in [7, 11) is 0. The minimum atomic E-state index is 0.826. The molecule has 1 saturated carbocycles. The van der Waals surface area contributed by atoms with Gasteiger partial charge in [-0.15, -0.1) is 0 Å². The molecule has 0 aliphatic heterocycles. The first-order valence-electron chi connectivity index (χ1n) is 2.95. The first-order valence-corrected chi connectivity index (χ1v) is 3.86. The second-order valence-corrected chi connectivity index (χ2v) is 3.60. The Balaban J connectivity index is 2.33. The molecule has 0 amide bonds. The monoisotopic (exact) mass is 162 g/mol. The third kappa shape index (κ3) is 1.18. The van der Waals surface area contributed by atoms with E-state index in [9.17, 15) is 0 Å². The molecule has 1 fully saturated rings. The number of halogens is 1. The molecule has 0 spiro atoms. The Labute approximate surface area is 53.4 Å². The van der Waals surface area contributed by atoms with Crippen LogP contribution in [0.3, 0.4) is 0 Å². The molecule has 1 rings (SSSR count). The molecule has 2 unspecified atom stereocenters. The Hall–Kier alpha value is 0.480. The Morgan fingerprint density at radius 3 is 2.29 bits per heavy atom. The van der Waals surface area contributed by atoms with Gasteiger partial charge in [0.2, 0.25) is 0 Å². The van der Waals surface area contributed by atoms with E-state index in [2.05, 4.69) is 22.9 Å².